The van der Waals surface area contributed by atoms with Crippen LogP contribution in [0.5, 0.6) is 5.75 Å². The van der Waals surface area contributed by atoms with Crippen molar-refractivity contribution >= 4 is 68.7 Å². The predicted molar refractivity (Wildman–Crippen MR) is 144 cm³/mol. The van der Waals surface area contributed by atoms with Gasteiger partial charge in [-0.15, -0.1) is 6.58 Å². The first-order chi connectivity index (χ1) is 17.7. The SMILES string of the molecule is C=CCc1cc(/C=C2\C(=O)NC(=O)N(c3ccc(F)cc3)C2=O)cc(Br)c1OCc1ccc(Cl)c(Cl)c1. The maximum Gasteiger partial charge on any atom is 0.335 e. The Morgan fingerprint density at radius 3 is 2.43 bits per heavy atom. The number of amides is 4. The van der Waals surface area contributed by atoms with Crippen molar-refractivity contribution in [3.63, 3.8) is 0 Å². The van der Waals surface area contributed by atoms with Crippen molar-refractivity contribution in [3.05, 3.63) is 110 Å². The monoisotopic (exact) mass is 602 g/mol. The predicted octanol–water partition coefficient (Wildman–Crippen LogP) is 6.87. The molecule has 6 nitrogen and oxygen atoms in total. The van der Waals surface area contributed by atoms with Gasteiger partial charge in [-0.1, -0.05) is 35.3 Å². The van der Waals surface area contributed by atoms with E-state index in [1.807, 2.05) is 0 Å². The number of hydrogen-bond acceptors (Lipinski definition) is 4. The van der Waals surface area contributed by atoms with Crippen molar-refractivity contribution in [1.29, 1.82) is 0 Å². The topological polar surface area (TPSA) is 75.7 Å². The average molecular weight is 604 g/mol. The fourth-order valence-electron chi connectivity index (χ4n) is 3.66. The first kappa shape index (κ1) is 26.6. The molecule has 1 heterocycles. The van der Waals surface area contributed by atoms with Gasteiger partial charge in [0.25, 0.3) is 11.8 Å². The van der Waals surface area contributed by atoms with Crippen LogP contribution in [0.1, 0.15) is 16.7 Å². The van der Waals surface area contributed by atoms with Gasteiger partial charge in [-0.3, -0.25) is 14.9 Å². The quantitative estimate of drug-likeness (QED) is 0.182. The number of rotatable bonds is 7. The Morgan fingerprint density at radius 1 is 1.03 bits per heavy atom. The summed E-state index contributed by atoms with van der Waals surface area (Å²) in [5.74, 6) is -1.64. The number of barbiturate groups is 1. The number of ether oxygens (including phenoxy) is 1. The molecule has 4 rings (SSSR count). The van der Waals surface area contributed by atoms with Crippen LogP contribution in [0.3, 0.4) is 0 Å². The van der Waals surface area contributed by atoms with Gasteiger partial charge in [-0.25, -0.2) is 14.1 Å². The highest BCUT2D eigenvalue weighted by Gasteiger charge is 2.36. The Hall–Kier alpha value is -3.46. The molecule has 4 amide bonds. The lowest BCUT2D eigenvalue weighted by Gasteiger charge is -2.26. The molecule has 0 unspecified atom stereocenters. The second-order valence-corrected chi connectivity index (χ2v) is 9.62. The zero-order valence-corrected chi connectivity index (χ0v) is 22.2. The van der Waals surface area contributed by atoms with Crippen molar-refractivity contribution < 1.29 is 23.5 Å². The van der Waals surface area contributed by atoms with Gasteiger partial charge in [0.15, 0.2) is 0 Å². The summed E-state index contributed by atoms with van der Waals surface area (Å²) in [4.78, 5) is 38.8. The Labute approximate surface area is 230 Å². The number of hydrogen-bond donors (Lipinski definition) is 1. The highest BCUT2D eigenvalue weighted by atomic mass is 79.9. The number of urea groups is 1. The van der Waals surface area contributed by atoms with Gasteiger partial charge < -0.3 is 4.74 Å². The molecule has 0 aromatic heterocycles. The van der Waals surface area contributed by atoms with Gasteiger partial charge in [-0.2, -0.15) is 0 Å². The third-order valence-electron chi connectivity index (χ3n) is 5.37. The number of allylic oxidation sites excluding steroid dienone is 1. The number of nitrogens with zero attached hydrogens (tertiary/aromatic N) is 1. The van der Waals surface area contributed by atoms with Crippen molar-refractivity contribution in [2.45, 2.75) is 13.0 Å². The van der Waals surface area contributed by atoms with Crippen LogP contribution in [0.15, 0.2) is 77.3 Å². The third kappa shape index (κ3) is 5.93. The summed E-state index contributed by atoms with van der Waals surface area (Å²) < 4.78 is 19.9. The van der Waals surface area contributed by atoms with E-state index in [2.05, 4.69) is 27.8 Å². The molecular weight excluding hydrogens is 586 g/mol. The first-order valence-corrected chi connectivity index (χ1v) is 12.4. The van der Waals surface area contributed by atoms with E-state index in [-0.39, 0.29) is 17.9 Å². The standard InChI is InChI=1S/C27H18BrCl2FN2O4/c1-2-3-17-10-16(12-21(28)24(17)37-14-15-4-9-22(29)23(30)13-15)11-20-25(34)32-27(36)33(26(20)35)19-7-5-18(31)6-8-19/h2,4-13H,1,3,14H2,(H,32,34,36)/b20-11+. The molecule has 1 saturated heterocycles. The highest BCUT2D eigenvalue weighted by molar-refractivity contribution is 9.10. The number of nitrogens with one attached hydrogen (secondary N) is 1. The molecule has 0 bridgehead atoms. The van der Waals surface area contributed by atoms with Gasteiger partial charge >= 0.3 is 6.03 Å². The number of halogens is 4. The lowest BCUT2D eigenvalue weighted by atomic mass is 10.0. The maximum absolute atomic E-state index is 13.3. The minimum Gasteiger partial charge on any atom is -0.487 e. The van der Waals surface area contributed by atoms with Crippen molar-refractivity contribution in [2.75, 3.05) is 4.90 Å². The number of imide groups is 2. The Bertz CT molecular complexity index is 1460. The summed E-state index contributed by atoms with van der Waals surface area (Å²) in [6.45, 7) is 4.00. The second-order valence-electron chi connectivity index (χ2n) is 7.96. The van der Waals surface area contributed by atoms with Crippen LogP contribution < -0.4 is 15.0 Å². The van der Waals surface area contributed by atoms with Crippen LogP contribution in [0.2, 0.25) is 10.0 Å². The molecule has 0 atom stereocenters. The summed E-state index contributed by atoms with van der Waals surface area (Å²) in [6.07, 6.45) is 3.51. The molecular formula is C27H18BrCl2FN2O4. The Morgan fingerprint density at radius 2 is 1.76 bits per heavy atom. The van der Waals surface area contributed by atoms with Gasteiger partial charge in [-0.05, 0) is 93.6 Å². The van der Waals surface area contributed by atoms with E-state index in [0.717, 1.165) is 28.2 Å². The van der Waals surface area contributed by atoms with E-state index in [1.54, 1.807) is 36.4 Å². The molecule has 0 aliphatic carbocycles. The average Bonchev–Trinajstić information content (AvgIpc) is 2.84. The highest BCUT2D eigenvalue weighted by Crippen LogP contribution is 2.34. The molecule has 0 saturated carbocycles. The van der Waals surface area contributed by atoms with Crippen LogP contribution in [0.25, 0.3) is 6.08 Å². The first-order valence-electron chi connectivity index (χ1n) is 10.8. The van der Waals surface area contributed by atoms with Crippen LogP contribution in [0.4, 0.5) is 14.9 Å². The molecule has 0 radical (unpaired) electrons. The summed E-state index contributed by atoms with van der Waals surface area (Å²) in [5.41, 5.74) is 1.93. The number of carbonyl (C=O) groups excluding carboxylic acids is 3. The van der Waals surface area contributed by atoms with Crippen LogP contribution in [-0.4, -0.2) is 17.8 Å². The van der Waals surface area contributed by atoms with Gasteiger partial charge in [0.2, 0.25) is 0 Å². The molecule has 1 N–H and O–H groups in total. The van der Waals surface area contributed by atoms with Crippen LogP contribution >= 0.6 is 39.1 Å². The number of benzene rings is 3. The zero-order chi connectivity index (χ0) is 26.7. The molecule has 3 aromatic rings. The summed E-state index contributed by atoms with van der Waals surface area (Å²) in [7, 11) is 0. The van der Waals surface area contributed by atoms with Crippen LogP contribution in [-0.2, 0) is 22.6 Å². The largest absolute Gasteiger partial charge is 0.487 e. The van der Waals surface area contributed by atoms with Gasteiger partial charge in [0.1, 0.15) is 23.7 Å². The summed E-state index contributed by atoms with van der Waals surface area (Å²) in [5, 5.41) is 3.01. The second kappa shape index (κ2) is 11.3. The fourth-order valence-corrected chi connectivity index (χ4v) is 4.61. The summed E-state index contributed by atoms with van der Waals surface area (Å²) in [6, 6.07) is 12.5. The minimum atomic E-state index is -0.918. The molecule has 1 aliphatic heterocycles. The number of carbonyl (C=O) groups is 3. The Kier molecular flexibility index (Phi) is 8.12. The molecule has 3 aromatic carbocycles. The lowest BCUT2D eigenvalue weighted by molar-refractivity contribution is -0.122. The third-order valence-corrected chi connectivity index (χ3v) is 6.70. The molecule has 188 valence electrons. The maximum atomic E-state index is 13.3. The molecule has 37 heavy (non-hydrogen) atoms. The van der Waals surface area contributed by atoms with Gasteiger partial charge in [0.05, 0.1) is 20.2 Å². The molecule has 0 spiro atoms. The van der Waals surface area contributed by atoms with E-state index in [1.165, 1.54) is 18.2 Å². The van der Waals surface area contributed by atoms with E-state index in [9.17, 15) is 18.8 Å². The fraction of sp³-hybridized carbons (Fsp3) is 0.0741. The zero-order valence-electron chi connectivity index (χ0n) is 19.1. The normalized spacial score (nSPS) is 14.6. The molecule has 1 fully saturated rings. The smallest absolute Gasteiger partial charge is 0.335 e. The Balaban J connectivity index is 1.65. The van der Waals surface area contributed by atoms with E-state index in [4.69, 9.17) is 27.9 Å². The summed E-state index contributed by atoms with van der Waals surface area (Å²) >= 11 is 15.6. The van der Waals surface area contributed by atoms with Crippen molar-refractivity contribution in [3.8, 4) is 5.75 Å². The van der Waals surface area contributed by atoms with E-state index in [0.29, 0.717) is 32.3 Å². The van der Waals surface area contributed by atoms with E-state index >= 15 is 0 Å². The number of anilines is 1. The van der Waals surface area contributed by atoms with Crippen LogP contribution in [0, 0.1) is 5.82 Å². The van der Waals surface area contributed by atoms with E-state index < -0.39 is 23.7 Å². The van der Waals surface area contributed by atoms with Gasteiger partial charge in [0, 0.05) is 0 Å². The molecule has 10 heteroatoms. The molecule has 1 aliphatic rings. The van der Waals surface area contributed by atoms with Crippen molar-refractivity contribution in [1.82, 2.24) is 5.32 Å². The van der Waals surface area contributed by atoms with Crippen molar-refractivity contribution in [2.24, 2.45) is 0 Å². The minimum absolute atomic E-state index is 0.127. The lowest BCUT2D eigenvalue weighted by Crippen LogP contribution is -2.54.